The number of ether oxygens (including phenoxy) is 2. The minimum Gasteiger partial charge on any atom is -0.435 e. The molecule has 1 saturated heterocycles. The fourth-order valence-electron chi connectivity index (χ4n) is 2.82. The lowest BCUT2D eigenvalue weighted by Crippen LogP contribution is -2.38. The van der Waals surface area contributed by atoms with Gasteiger partial charge in [0.1, 0.15) is 17.4 Å². The summed E-state index contributed by atoms with van der Waals surface area (Å²) in [6, 6.07) is 6.93. The molecular weight excluding hydrogens is 362 g/mol. The van der Waals surface area contributed by atoms with E-state index in [1.807, 2.05) is 4.90 Å². The van der Waals surface area contributed by atoms with Crippen LogP contribution in [0.15, 0.2) is 35.1 Å². The predicted octanol–water partition coefficient (Wildman–Crippen LogP) is 0.698. The van der Waals surface area contributed by atoms with E-state index >= 15 is 0 Å². The maximum Gasteiger partial charge on any atom is 0.387 e. The Bertz CT molecular complexity index is 881. The van der Waals surface area contributed by atoms with Crippen LogP contribution in [0.5, 0.6) is 5.75 Å². The molecule has 0 bridgehead atoms. The molecule has 1 aliphatic heterocycles. The summed E-state index contributed by atoms with van der Waals surface area (Å²) in [5, 5.41) is 0. The maximum absolute atomic E-state index is 12.7. The van der Waals surface area contributed by atoms with Gasteiger partial charge in [0.15, 0.2) is 0 Å². The maximum atomic E-state index is 12.7. The van der Waals surface area contributed by atoms with Crippen LogP contribution < -0.4 is 20.9 Å². The normalized spacial score (nSPS) is 14.4. The summed E-state index contributed by atoms with van der Waals surface area (Å²) in [6.45, 7) is -0.871. The number of hydrogen-bond donors (Lipinski definition) is 1. The lowest BCUT2D eigenvalue weighted by atomic mass is 10.2. The van der Waals surface area contributed by atoms with E-state index in [0.29, 0.717) is 32.1 Å². The highest BCUT2D eigenvalue weighted by molar-refractivity contribution is 5.76. The number of rotatable bonds is 6. The number of benzene rings is 1. The van der Waals surface area contributed by atoms with Crippen LogP contribution >= 0.6 is 0 Å². The molecule has 1 fully saturated rings. The first kappa shape index (κ1) is 18.8. The van der Waals surface area contributed by atoms with Crippen molar-refractivity contribution in [2.24, 2.45) is 5.73 Å². The van der Waals surface area contributed by atoms with Gasteiger partial charge in [0, 0.05) is 25.2 Å². The average molecular weight is 380 g/mol. The van der Waals surface area contributed by atoms with Crippen molar-refractivity contribution in [2.45, 2.75) is 13.0 Å². The van der Waals surface area contributed by atoms with E-state index < -0.39 is 18.1 Å². The molecule has 1 amide bonds. The van der Waals surface area contributed by atoms with Crippen LogP contribution in [-0.2, 0) is 16.0 Å². The van der Waals surface area contributed by atoms with Crippen molar-refractivity contribution in [3.05, 3.63) is 46.5 Å². The molecule has 27 heavy (non-hydrogen) atoms. The number of alkyl halides is 2. The van der Waals surface area contributed by atoms with Gasteiger partial charge in [-0.3, -0.25) is 14.2 Å². The SMILES string of the molecule is NC(=O)Cc1nc(N2CCOCC2)cc(=O)n1-c1cccc(OC(F)F)c1. The standard InChI is InChI=1S/C17H18F2N4O4/c18-17(19)27-12-3-1-2-11(8-12)23-15(9-13(20)24)21-14(10-16(23)25)22-4-6-26-7-5-22/h1-3,8,10,17H,4-7,9H2,(H2,20,24). The Morgan fingerprint density at radius 1 is 1.30 bits per heavy atom. The third-order valence-corrected chi connectivity index (χ3v) is 3.94. The number of nitrogens with zero attached hydrogens (tertiary/aromatic N) is 3. The largest absolute Gasteiger partial charge is 0.435 e. The van der Waals surface area contributed by atoms with Crippen LogP contribution in [0.2, 0.25) is 0 Å². The second-order valence-corrected chi connectivity index (χ2v) is 5.82. The average Bonchev–Trinajstić information content (AvgIpc) is 2.61. The summed E-state index contributed by atoms with van der Waals surface area (Å²) in [5.74, 6) is -0.257. The van der Waals surface area contributed by atoms with E-state index in [9.17, 15) is 18.4 Å². The third kappa shape index (κ3) is 4.59. The van der Waals surface area contributed by atoms with Gasteiger partial charge in [-0.1, -0.05) is 6.07 Å². The number of hydrogen-bond acceptors (Lipinski definition) is 6. The first-order valence-electron chi connectivity index (χ1n) is 8.23. The van der Waals surface area contributed by atoms with E-state index in [2.05, 4.69) is 9.72 Å². The van der Waals surface area contributed by atoms with Crippen LogP contribution in [0.4, 0.5) is 14.6 Å². The van der Waals surface area contributed by atoms with Crippen molar-refractivity contribution in [2.75, 3.05) is 31.2 Å². The summed E-state index contributed by atoms with van der Waals surface area (Å²) in [4.78, 5) is 30.5. The minimum absolute atomic E-state index is 0.114. The van der Waals surface area contributed by atoms with E-state index in [-0.39, 0.29) is 23.7 Å². The van der Waals surface area contributed by atoms with Gasteiger partial charge in [-0.05, 0) is 12.1 Å². The Labute approximate surface area is 153 Å². The number of anilines is 1. The number of morpholine rings is 1. The van der Waals surface area contributed by atoms with Crippen LogP contribution in [0.1, 0.15) is 5.82 Å². The van der Waals surface area contributed by atoms with E-state index in [4.69, 9.17) is 10.5 Å². The zero-order chi connectivity index (χ0) is 19.4. The Morgan fingerprint density at radius 3 is 2.70 bits per heavy atom. The van der Waals surface area contributed by atoms with E-state index in [0.717, 1.165) is 4.57 Å². The Balaban J connectivity index is 2.06. The molecule has 1 aromatic heterocycles. The molecule has 0 atom stereocenters. The van der Waals surface area contributed by atoms with Gasteiger partial charge in [-0.2, -0.15) is 8.78 Å². The highest BCUT2D eigenvalue weighted by Crippen LogP contribution is 2.20. The van der Waals surface area contributed by atoms with E-state index in [1.165, 1.54) is 30.3 Å². The number of carbonyl (C=O) groups is 1. The summed E-state index contributed by atoms with van der Waals surface area (Å²) in [5.41, 5.74) is 5.08. The molecule has 1 aromatic carbocycles. The molecule has 144 valence electrons. The van der Waals surface area contributed by atoms with Gasteiger partial charge in [-0.15, -0.1) is 0 Å². The second-order valence-electron chi connectivity index (χ2n) is 5.82. The Kier molecular flexibility index (Phi) is 5.65. The van der Waals surface area contributed by atoms with Crippen molar-refractivity contribution in [3.8, 4) is 11.4 Å². The molecular formula is C17H18F2N4O4. The van der Waals surface area contributed by atoms with Gasteiger partial charge < -0.3 is 20.1 Å². The lowest BCUT2D eigenvalue weighted by Gasteiger charge is -2.28. The first-order chi connectivity index (χ1) is 12.9. The molecule has 10 heteroatoms. The molecule has 2 heterocycles. The summed E-state index contributed by atoms with van der Waals surface area (Å²) >= 11 is 0. The monoisotopic (exact) mass is 380 g/mol. The number of nitrogens with two attached hydrogens (primary N) is 1. The fourth-order valence-corrected chi connectivity index (χ4v) is 2.82. The summed E-state index contributed by atoms with van der Waals surface area (Å²) in [6.07, 6.45) is -0.284. The molecule has 0 unspecified atom stereocenters. The van der Waals surface area contributed by atoms with Gasteiger partial charge in [0.25, 0.3) is 5.56 Å². The van der Waals surface area contributed by atoms with Gasteiger partial charge in [-0.25, -0.2) is 4.98 Å². The van der Waals surface area contributed by atoms with Gasteiger partial charge >= 0.3 is 6.61 Å². The fraction of sp³-hybridized carbons (Fsp3) is 0.353. The highest BCUT2D eigenvalue weighted by Gasteiger charge is 2.18. The van der Waals surface area contributed by atoms with Crippen molar-refractivity contribution in [1.82, 2.24) is 9.55 Å². The topological polar surface area (TPSA) is 99.7 Å². The molecule has 0 saturated carbocycles. The van der Waals surface area contributed by atoms with Crippen molar-refractivity contribution >= 4 is 11.7 Å². The van der Waals surface area contributed by atoms with Crippen LogP contribution in [0.3, 0.4) is 0 Å². The highest BCUT2D eigenvalue weighted by atomic mass is 19.3. The summed E-state index contributed by atoms with van der Waals surface area (Å²) in [7, 11) is 0. The van der Waals surface area contributed by atoms with Gasteiger partial charge in [0.2, 0.25) is 5.91 Å². The molecule has 2 aromatic rings. The molecule has 0 aliphatic carbocycles. The van der Waals surface area contributed by atoms with Crippen LogP contribution in [0, 0.1) is 0 Å². The smallest absolute Gasteiger partial charge is 0.387 e. The van der Waals surface area contributed by atoms with Gasteiger partial charge in [0.05, 0.1) is 25.3 Å². The van der Waals surface area contributed by atoms with Crippen LogP contribution in [-0.4, -0.2) is 48.4 Å². The molecule has 0 radical (unpaired) electrons. The third-order valence-electron chi connectivity index (χ3n) is 3.94. The Morgan fingerprint density at radius 2 is 2.04 bits per heavy atom. The zero-order valence-corrected chi connectivity index (χ0v) is 14.3. The Hall–Kier alpha value is -3.01. The molecule has 2 N–H and O–H groups in total. The van der Waals surface area contributed by atoms with Crippen molar-refractivity contribution in [1.29, 1.82) is 0 Å². The first-order valence-corrected chi connectivity index (χ1v) is 8.23. The summed E-state index contributed by atoms with van der Waals surface area (Å²) < 4.78 is 35.7. The minimum atomic E-state index is -3.00. The number of aromatic nitrogens is 2. The quantitative estimate of drug-likeness (QED) is 0.792. The molecule has 0 spiro atoms. The molecule has 8 nitrogen and oxygen atoms in total. The molecule has 3 rings (SSSR count). The predicted molar refractivity (Wildman–Crippen MR) is 92.4 cm³/mol. The number of halogens is 2. The second kappa shape index (κ2) is 8.12. The lowest BCUT2D eigenvalue weighted by molar-refractivity contribution is -0.117. The number of primary amides is 1. The molecule has 1 aliphatic rings. The number of amides is 1. The number of carbonyl (C=O) groups excluding carboxylic acids is 1. The van der Waals surface area contributed by atoms with Crippen molar-refractivity contribution < 1.29 is 23.0 Å². The van der Waals surface area contributed by atoms with E-state index in [1.54, 1.807) is 0 Å². The van der Waals surface area contributed by atoms with Crippen LogP contribution in [0.25, 0.3) is 5.69 Å². The van der Waals surface area contributed by atoms with Crippen molar-refractivity contribution in [3.63, 3.8) is 0 Å². The zero-order valence-electron chi connectivity index (χ0n) is 14.3.